The van der Waals surface area contributed by atoms with Crippen molar-refractivity contribution in [2.75, 3.05) is 59.4 Å². The van der Waals surface area contributed by atoms with Gasteiger partial charge in [0, 0.05) is 13.5 Å². The van der Waals surface area contributed by atoms with Crippen molar-refractivity contribution in [2.24, 2.45) is 0 Å². The van der Waals surface area contributed by atoms with E-state index in [1.165, 1.54) is 6.92 Å². The second-order valence-corrected chi connectivity index (χ2v) is 7.96. The van der Waals surface area contributed by atoms with E-state index in [0.29, 0.717) is 26.4 Å². The number of carbonyl (C=O) groups excluding carboxylic acids is 1. The Morgan fingerprint density at radius 3 is 2.09 bits per heavy atom. The molecule has 0 bridgehead atoms. The third-order valence-electron chi connectivity index (χ3n) is 4.81. The summed E-state index contributed by atoms with van der Waals surface area (Å²) in [5.41, 5.74) is 0. The number of hydrogen-bond acceptors (Lipinski definition) is 10. The second-order valence-electron chi connectivity index (χ2n) is 7.96. The van der Waals surface area contributed by atoms with Crippen LogP contribution < -0.4 is 10.6 Å². The Balaban J connectivity index is 1.63. The Bertz CT molecular complexity index is 607. The molecule has 192 valence electrons. The van der Waals surface area contributed by atoms with Crippen molar-refractivity contribution in [3.63, 3.8) is 0 Å². The molecule has 2 rings (SSSR count). The minimum Gasteiger partial charge on any atom is -0.465 e. The van der Waals surface area contributed by atoms with Gasteiger partial charge in [-0.2, -0.15) is 0 Å². The maximum atomic E-state index is 11.7. The van der Waals surface area contributed by atoms with Gasteiger partial charge in [-0.1, -0.05) is 0 Å². The van der Waals surface area contributed by atoms with Crippen LogP contribution in [0.3, 0.4) is 0 Å². The molecule has 13 heteroatoms. The number of hydrogen-bond donors (Lipinski definition) is 4. The molecule has 1 unspecified atom stereocenters. The fraction of sp³-hybridized carbons (Fsp3) is 0.900. The third-order valence-corrected chi connectivity index (χ3v) is 4.81. The summed E-state index contributed by atoms with van der Waals surface area (Å²) in [5, 5.41) is 23.1. The Morgan fingerprint density at radius 2 is 1.52 bits per heavy atom. The first-order valence-electron chi connectivity index (χ1n) is 10.9. The summed E-state index contributed by atoms with van der Waals surface area (Å²) in [4.78, 5) is 22.0. The first kappa shape index (κ1) is 27.7. The number of amides is 2. The normalized spacial score (nSPS) is 28.3. The number of fused-ring (bicyclic) bond motifs is 1. The highest BCUT2D eigenvalue weighted by molar-refractivity contribution is 5.73. The molecule has 2 aliphatic heterocycles. The van der Waals surface area contributed by atoms with Gasteiger partial charge in [0.25, 0.3) is 0 Å². The summed E-state index contributed by atoms with van der Waals surface area (Å²) in [7, 11) is 0. The van der Waals surface area contributed by atoms with E-state index in [9.17, 15) is 14.7 Å². The zero-order valence-electron chi connectivity index (χ0n) is 19.3. The highest BCUT2D eigenvalue weighted by Crippen LogP contribution is 2.37. The van der Waals surface area contributed by atoms with Crippen molar-refractivity contribution in [2.45, 2.75) is 57.2 Å². The molecule has 2 aliphatic rings. The highest BCUT2D eigenvalue weighted by atomic mass is 16.8. The predicted molar refractivity (Wildman–Crippen MR) is 112 cm³/mol. The molecule has 13 nitrogen and oxygen atoms in total. The average molecular weight is 481 g/mol. The van der Waals surface area contributed by atoms with Crippen LogP contribution in [0.4, 0.5) is 4.79 Å². The van der Waals surface area contributed by atoms with E-state index in [0.717, 1.165) is 0 Å². The van der Waals surface area contributed by atoms with Gasteiger partial charge in [-0.25, -0.2) is 4.79 Å². The minimum atomic E-state index is -1.08. The van der Waals surface area contributed by atoms with E-state index >= 15 is 0 Å². The molecular weight excluding hydrogens is 444 g/mol. The molecule has 0 aliphatic carbocycles. The maximum absolute atomic E-state index is 11.7. The topological polar surface area (TPSA) is 163 Å². The van der Waals surface area contributed by atoms with Gasteiger partial charge in [-0.3, -0.25) is 4.79 Å². The maximum Gasteiger partial charge on any atom is 0.404 e. The van der Waals surface area contributed by atoms with E-state index in [1.54, 1.807) is 13.8 Å². The van der Waals surface area contributed by atoms with Crippen LogP contribution in [-0.2, 0) is 38.0 Å². The summed E-state index contributed by atoms with van der Waals surface area (Å²) in [6, 6.07) is -0.605. The first-order valence-corrected chi connectivity index (χ1v) is 10.9. The van der Waals surface area contributed by atoms with Crippen LogP contribution in [-0.4, -0.2) is 118 Å². The molecule has 33 heavy (non-hydrogen) atoms. The Labute approximate surface area is 192 Å². The molecule has 0 aromatic heterocycles. The van der Waals surface area contributed by atoms with Crippen molar-refractivity contribution >= 4 is 12.0 Å². The number of carboxylic acid groups (broad SMARTS) is 1. The fourth-order valence-electron chi connectivity index (χ4n) is 3.54. The van der Waals surface area contributed by atoms with Crippen molar-refractivity contribution in [1.82, 2.24) is 10.6 Å². The molecule has 2 amide bonds. The predicted octanol–water partition coefficient (Wildman–Crippen LogP) is -0.938. The quantitative estimate of drug-likeness (QED) is 0.214. The van der Waals surface area contributed by atoms with Gasteiger partial charge in [0.1, 0.15) is 24.4 Å². The molecule has 0 spiro atoms. The van der Waals surface area contributed by atoms with E-state index in [1.807, 2.05) is 0 Å². The van der Waals surface area contributed by atoms with Crippen LogP contribution >= 0.6 is 0 Å². The number of carbonyl (C=O) groups is 2. The largest absolute Gasteiger partial charge is 0.465 e. The summed E-state index contributed by atoms with van der Waals surface area (Å²) in [6.07, 6.45) is -3.64. The van der Waals surface area contributed by atoms with E-state index in [4.69, 9.17) is 38.3 Å². The Morgan fingerprint density at radius 1 is 0.939 bits per heavy atom. The van der Waals surface area contributed by atoms with Gasteiger partial charge in [0.15, 0.2) is 12.1 Å². The summed E-state index contributed by atoms with van der Waals surface area (Å²) >= 11 is 0. The second kappa shape index (κ2) is 14.0. The van der Waals surface area contributed by atoms with Crippen LogP contribution in [0.2, 0.25) is 0 Å². The van der Waals surface area contributed by atoms with Gasteiger partial charge < -0.3 is 54.0 Å². The van der Waals surface area contributed by atoms with Gasteiger partial charge in [-0.15, -0.1) is 0 Å². The summed E-state index contributed by atoms with van der Waals surface area (Å²) in [5.74, 6) is -1.14. The molecule has 4 N–H and O–H groups in total. The Kier molecular flexibility index (Phi) is 11.7. The molecule has 0 radical (unpaired) electrons. The number of aliphatic hydroxyl groups excluding tert-OH is 1. The average Bonchev–Trinajstić information content (AvgIpc) is 3.07. The van der Waals surface area contributed by atoms with Crippen molar-refractivity contribution in [3.8, 4) is 0 Å². The monoisotopic (exact) mass is 480 g/mol. The third kappa shape index (κ3) is 9.66. The number of ether oxygens (including phenoxy) is 7. The number of rotatable bonds is 15. The molecular formula is C20H36N2O11. The number of nitrogens with one attached hydrogen (secondary N) is 2. The van der Waals surface area contributed by atoms with Crippen LogP contribution in [0, 0.1) is 0 Å². The van der Waals surface area contributed by atoms with Gasteiger partial charge >= 0.3 is 6.09 Å². The molecule has 0 aromatic carbocycles. The first-order chi connectivity index (χ1) is 15.7. The van der Waals surface area contributed by atoms with Crippen LogP contribution in [0.25, 0.3) is 0 Å². The standard InChI is InChI=1S/C20H36N2O11/c1-13(24)22-15-17-16(32-20(2,3)33-17)14(12-23)31-18(15)30-11-10-29-9-8-28-7-6-27-5-4-21-19(25)26/h14-18,21,23H,4-12H2,1-3H3,(H,22,24)(H,25,26)/t14-,15-,16+,17-,18?/m1/s1. The molecule has 5 atom stereocenters. The van der Waals surface area contributed by atoms with Gasteiger partial charge in [0.2, 0.25) is 5.91 Å². The SMILES string of the molecule is CC(=O)N[C@H]1C(OCCOCCOCCOCCNC(=O)O)O[C@H](CO)[C@@H]2OC(C)(C)O[C@@H]21. The molecule has 2 fully saturated rings. The zero-order chi connectivity index (χ0) is 24.3. The van der Waals surface area contributed by atoms with Crippen LogP contribution in [0.1, 0.15) is 20.8 Å². The summed E-state index contributed by atoms with van der Waals surface area (Å²) in [6.45, 7) is 7.04. The fourth-order valence-corrected chi connectivity index (χ4v) is 3.54. The lowest BCUT2D eigenvalue weighted by atomic mass is 9.97. The zero-order valence-corrected chi connectivity index (χ0v) is 19.3. The van der Waals surface area contributed by atoms with Gasteiger partial charge in [0.05, 0.1) is 52.9 Å². The Hall–Kier alpha value is -1.58. The molecule has 0 aromatic rings. The van der Waals surface area contributed by atoms with Crippen molar-refractivity contribution in [3.05, 3.63) is 0 Å². The van der Waals surface area contributed by atoms with Crippen molar-refractivity contribution in [1.29, 1.82) is 0 Å². The lowest BCUT2D eigenvalue weighted by molar-refractivity contribution is -0.253. The van der Waals surface area contributed by atoms with Crippen molar-refractivity contribution < 1.29 is 53.0 Å². The summed E-state index contributed by atoms with van der Waals surface area (Å²) < 4.78 is 39.5. The minimum absolute atomic E-state index is 0.195. The lowest BCUT2D eigenvalue weighted by Gasteiger charge is -2.41. The molecule has 2 heterocycles. The van der Waals surface area contributed by atoms with E-state index in [2.05, 4.69) is 10.6 Å². The molecule has 0 saturated carbocycles. The van der Waals surface area contributed by atoms with E-state index < -0.39 is 42.5 Å². The number of aliphatic hydroxyl groups is 1. The highest BCUT2D eigenvalue weighted by Gasteiger charge is 2.55. The smallest absolute Gasteiger partial charge is 0.404 e. The lowest BCUT2D eigenvalue weighted by Crippen LogP contribution is -2.63. The molecule has 2 saturated heterocycles. The van der Waals surface area contributed by atoms with Crippen LogP contribution in [0.15, 0.2) is 0 Å². The van der Waals surface area contributed by atoms with Crippen LogP contribution in [0.5, 0.6) is 0 Å². The van der Waals surface area contributed by atoms with E-state index in [-0.39, 0.29) is 38.9 Å². The van der Waals surface area contributed by atoms with Gasteiger partial charge in [-0.05, 0) is 13.8 Å².